The van der Waals surface area contributed by atoms with Crippen molar-refractivity contribution >= 4 is 11.7 Å². The number of rotatable bonds is 3. The molecule has 0 aliphatic carbocycles. The van der Waals surface area contributed by atoms with E-state index in [4.69, 9.17) is 0 Å². The summed E-state index contributed by atoms with van der Waals surface area (Å²) in [6.45, 7) is 7.22. The topological polar surface area (TPSA) is 33.2 Å². The van der Waals surface area contributed by atoms with Crippen LogP contribution in [0, 0.1) is 12.8 Å². The molecule has 17 heavy (non-hydrogen) atoms. The molecular formula is C14H20N2O. The van der Waals surface area contributed by atoms with E-state index in [1.54, 1.807) is 0 Å². The molecule has 0 N–H and O–H groups in total. The van der Waals surface area contributed by atoms with Gasteiger partial charge in [0.05, 0.1) is 0 Å². The molecular weight excluding hydrogens is 212 g/mol. The Kier molecular flexibility index (Phi) is 3.46. The van der Waals surface area contributed by atoms with E-state index in [9.17, 15) is 4.79 Å². The number of aryl methyl sites for hydroxylation is 1. The quantitative estimate of drug-likeness (QED) is 0.802. The molecule has 1 aliphatic heterocycles. The summed E-state index contributed by atoms with van der Waals surface area (Å²) < 4.78 is 0. The van der Waals surface area contributed by atoms with Gasteiger partial charge in [0.2, 0.25) is 5.91 Å². The molecule has 0 spiro atoms. The van der Waals surface area contributed by atoms with Gasteiger partial charge in [0.15, 0.2) is 0 Å². The molecule has 2 rings (SSSR count). The Labute approximate surface area is 103 Å². The SMILES string of the molecule is Cc1cc(CC(C)C)cc(N2CCCC2=O)n1. The van der Waals surface area contributed by atoms with Crippen molar-refractivity contribution in [3.05, 3.63) is 23.4 Å². The van der Waals surface area contributed by atoms with Crippen LogP contribution in [0.15, 0.2) is 12.1 Å². The molecule has 0 unspecified atom stereocenters. The lowest BCUT2D eigenvalue weighted by Crippen LogP contribution is -2.25. The van der Waals surface area contributed by atoms with Crippen LogP contribution in [0.1, 0.15) is 37.9 Å². The van der Waals surface area contributed by atoms with E-state index < -0.39 is 0 Å². The second kappa shape index (κ2) is 4.86. The molecule has 0 aromatic carbocycles. The molecule has 1 saturated heterocycles. The summed E-state index contributed by atoms with van der Waals surface area (Å²) in [5, 5.41) is 0. The fourth-order valence-corrected chi connectivity index (χ4v) is 2.34. The monoisotopic (exact) mass is 232 g/mol. The van der Waals surface area contributed by atoms with Crippen LogP contribution in [0.5, 0.6) is 0 Å². The maximum absolute atomic E-state index is 11.7. The van der Waals surface area contributed by atoms with Crippen molar-refractivity contribution < 1.29 is 4.79 Å². The molecule has 2 heterocycles. The van der Waals surface area contributed by atoms with Crippen LogP contribution in [-0.4, -0.2) is 17.4 Å². The number of carbonyl (C=O) groups excluding carboxylic acids is 1. The van der Waals surface area contributed by atoms with E-state index >= 15 is 0 Å². The van der Waals surface area contributed by atoms with Crippen molar-refractivity contribution in [3.8, 4) is 0 Å². The number of nitrogens with zero attached hydrogens (tertiary/aromatic N) is 2. The molecule has 0 atom stereocenters. The summed E-state index contributed by atoms with van der Waals surface area (Å²) in [5.41, 5.74) is 2.28. The van der Waals surface area contributed by atoms with Crippen molar-refractivity contribution in [1.82, 2.24) is 4.98 Å². The standard InChI is InChI=1S/C14H20N2O/c1-10(2)7-12-8-11(3)15-13(9-12)16-6-4-5-14(16)17/h8-10H,4-7H2,1-3H3. The number of aromatic nitrogens is 1. The van der Waals surface area contributed by atoms with Crippen LogP contribution in [0.3, 0.4) is 0 Å². The van der Waals surface area contributed by atoms with Crippen LogP contribution in [-0.2, 0) is 11.2 Å². The van der Waals surface area contributed by atoms with Gasteiger partial charge < -0.3 is 0 Å². The van der Waals surface area contributed by atoms with E-state index in [-0.39, 0.29) is 5.91 Å². The van der Waals surface area contributed by atoms with Gasteiger partial charge in [0, 0.05) is 18.7 Å². The Bertz CT molecular complexity index is 426. The van der Waals surface area contributed by atoms with Crippen LogP contribution in [0.25, 0.3) is 0 Å². The highest BCUT2D eigenvalue weighted by atomic mass is 16.2. The molecule has 1 aromatic heterocycles. The van der Waals surface area contributed by atoms with Crippen LogP contribution in [0.2, 0.25) is 0 Å². The van der Waals surface area contributed by atoms with Crippen molar-refractivity contribution in [2.45, 2.75) is 40.0 Å². The Hall–Kier alpha value is -1.38. The molecule has 1 aromatic rings. The van der Waals surface area contributed by atoms with Gasteiger partial charge in [0.1, 0.15) is 5.82 Å². The summed E-state index contributed by atoms with van der Waals surface area (Å²) >= 11 is 0. The molecule has 3 heteroatoms. The van der Waals surface area contributed by atoms with Crippen molar-refractivity contribution in [2.24, 2.45) is 5.92 Å². The van der Waals surface area contributed by atoms with E-state index in [2.05, 4.69) is 31.0 Å². The van der Waals surface area contributed by atoms with Gasteiger partial charge in [-0.15, -0.1) is 0 Å². The zero-order chi connectivity index (χ0) is 12.4. The van der Waals surface area contributed by atoms with Crippen LogP contribution >= 0.6 is 0 Å². The lowest BCUT2D eigenvalue weighted by molar-refractivity contribution is -0.117. The Balaban J connectivity index is 2.27. The summed E-state index contributed by atoms with van der Waals surface area (Å²) in [5.74, 6) is 1.67. The number of hydrogen-bond acceptors (Lipinski definition) is 2. The maximum atomic E-state index is 11.7. The Morgan fingerprint density at radius 1 is 1.41 bits per heavy atom. The fraction of sp³-hybridized carbons (Fsp3) is 0.571. The molecule has 3 nitrogen and oxygen atoms in total. The van der Waals surface area contributed by atoms with Gasteiger partial charge in [-0.05, 0) is 43.4 Å². The van der Waals surface area contributed by atoms with E-state index in [1.165, 1.54) is 5.56 Å². The molecule has 1 fully saturated rings. The maximum Gasteiger partial charge on any atom is 0.228 e. The van der Waals surface area contributed by atoms with Crippen LogP contribution < -0.4 is 4.90 Å². The van der Waals surface area contributed by atoms with Gasteiger partial charge in [-0.1, -0.05) is 13.8 Å². The number of carbonyl (C=O) groups is 1. The van der Waals surface area contributed by atoms with Gasteiger partial charge in [-0.25, -0.2) is 4.98 Å². The first-order chi connectivity index (χ1) is 8.06. The van der Waals surface area contributed by atoms with Gasteiger partial charge >= 0.3 is 0 Å². The third kappa shape index (κ3) is 2.84. The summed E-state index contributed by atoms with van der Waals surface area (Å²) in [7, 11) is 0. The largest absolute Gasteiger partial charge is 0.297 e. The van der Waals surface area contributed by atoms with Gasteiger partial charge in [0.25, 0.3) is 0 Å². The predicted molar refractivity (Wildman–Crippen MR) is 69.1 cm³/mol. The minimum absolute atomic E-state index is 0.207. The minimum atomic E-state index is 0.207. The summed E-state index contributed by atoms with van der Waals surface area (Å²) in [6, 6.07) is 4.18. The molecule has 0 saturated carbocycles. The lowest BCUT2D eigenvalue weighted by atomic mass is 10.0. The smallest absolute Gasteiger partial charge is 0.228 e. The second-order valence-electron chi connectivity index (χ2n) is 5.22. The fourth-order valence-electron chi connectivity index (χ4n) is 2.34. The van der Waals surface area contributed by atoms with Crippen molar-refractivity contribution in [3.63, 3.8) is 0 Å². The molecule has 0 radical (unpaired) electrons. The first kappa shape index (κ1) is 12.1. The molecule has 1 amide bonds. The van der Waals surface area contributed by atoms with E-state index in [0.717, 1.165) is 30.9 Å². The number of anilines is 1. The van der Waals surface area contributed by atoms with E-state index in [0.29, 0.717) is 12.3 Å². The van der Waals surface area contributed by atoms with E-state index in [1.807, 2.05) is 11.8 Å². The highest BCUT2D eigenvalue weighted by Crippen LogP contribution is 2.22. The number of amides is 1. The zero-order valence-corrected chi connectivity index (χ0v) is 10.9. The third-order valence-corrected chi connectivity index (χ3v) is 2.99. The minimum Gasteiger partial charge on any atom is -0.297 e. The van der Waals surface area contributed by atoms with Crippen LogP contribution in [0.4, 0.5) is 5.82 Å². The third-order valence-electron chi connectivity index (χ3n) is 2.99. The first-order valence-electron chi connectivity index (χ1n) is 6.34. The average molecular weight is 232 g/mol. The molecule has 92 valence electrons. The Morgan fingerprint density at radius 2 is 2.18 bits per heavy atom. The first-order valence-corrected chi connectivity index (χ1v) is 6.34. The molecule has 0 bridgehead atoms. The summed E-state index contributed by atoms with van der Waals surface area (Å²) in [6.07, 6.45) is 2.65. The van der Waals surface area contributed by atoms with Gasteiger partial charge in [-0.2, -0.15) is 0 Å². The van der Waals surface area contributed by atoms with Crippen molar-refractivity contribution in [1.29, 1.82) is 0 Å². The Morgan fingerprint density at radius 3 is 2.76 bits per heavy atom. The highest BCUT2D eigenvalue weighted by Gasteiger charge is 2.23. The normalized spacial score (nSPS) is 16.0. The highest BCUT2D eigenvalue weighted by molar-refractivity contribution is 5.94. The second-order valence-corrected chi connectivity index (χ2v) is 5.22. The number of hydrogen-bond donors (Lipinski definition) is 0. The zero-order valence-electron chi connectivity index (χ0n) is 10.9. The summed E-state index contributed by atoms with van der Waals surface area (Å²) in [4.78, 5) is 18.0. The lowest BCUT2D eigenvalue weighted by Gasteiger charge is -2.17. The van der Waals surface area contributed by atoms with Crippen molar-refractivity contribution in [2.75, 3.05) is 11.4 Å². The molecule has 1 aliphatic rings. The van der Waals surface area contributed by atoms with Gasteiger partial charge in [-0.3, -0.25) is 9.69 Å². The predicted octanol–water partition coefficient (Wildman–Crippen LogP) is 2.72. The number of pyridine rings is 1. The average Bonchev–Trinajstić information content (AvgIpc) is 2.62.